The highest BCUT2D eigenvalue weighted by molar-refractivity contribution is 7.13. The monoisotopic (exact) mass is 325 g/mol. The molecule has 2 saturated heterocycles. The van der Waals surface area contributed by atoms with Crippen LogP contribution < -0.4 is 4.90 Å². The number of aromatic nitrogens is 1. The molecule has 1 unspecified atom stereocenters. The van der Waals surface area contributed by atoms with Crippen molar-refractivity contribution in [3.05, 3.63) is 11.1 Å². The molecule has 1 aromatic rings. The maximum Gasteiger partial charge on any atom is 0.185 e. The molecule has 0 N–H and O–H groups in total. The van der Waals surface area contributed by atoms with Crippen LogP contribution in [0.4, 0.5) is 5.13 Å². The Hall–Kier alpha value is -0.690. The molecule has 124 valence electrons. The van der Waals surface area contributed by atoms with Crippen LogP contribution in [-0.2, 0) is 9.47 Å². The van der Waals surface area contributed by atoms with Gasteiger partial charge in [-0.05, 0) is 33.7 Å². The van der Waals surface area contributed by atoms with E-state index in [0.29, 0.717) is 13.2 Å². The molecule has 1 aromatic heterocycles. The maximum atomic E-state index is 5.96. The lowest BCUT2D eigenvalue weighted by atomic mass is 9.99. The fourth-order valence-corrected chi connectivity index (χ4v) is 3.98. The predicted molar refractivity (Wildman–Crippen MR) is 89.9 cm³/mol. The molecule has 0 radical (unpaired) electrons. The number of hydrogen-bond acceptors (Lipinski definition) is 6. The van der Waals surface area contributed by atoms with Gasteiger partial charge in [0.1, 0.15) is 0 Å². The van der Waals surface area contributed by atoms with Crippen molar-refractivity contribution in [1.29, 1.82) is 0 Å². The molecule has 0 aliphatic carbocycles. The van der Waals surface area contributed by atoms with Crippen LogP contribution in [0, 0.1) is 6.92 Å². The van der Waals surface area contributed by atoms with Crippen molar-refractivity contribution in [2.45, 2.75) is 38.9 Å². The molecule has 0 spiro atoms. The van der Waals surface area contributed by atoms with Gasteiger partial charge >= 0.3 is 0 Å². The lowest BCUT2D eigenvalue weighted by Gasteiger charge is -2.40. The summed E-state index contributed by atoms with van der Waals surface area (Å²) >= 11 is 1.75. The minimum absolute atomic E-state index is 0.162. The summed E-state index contributed by atoms with van der Waals surface area (Å²) in [5.74, 6) is 0. The van der Waals surface area contributed by atoms with Crippen molar-refractivity contribution in [2.24, 2.45) is 0 Å². The Morgan fingerprint density at radius 3 is 2.86 bits per heavy atom. The minimum atomic E-state index is -0.184. The molecule has 3 heterocycles. The van der Waals surface area contributed by atoms with Gasteiger partial charge in [0.2, 0.25) is 0 Å². The Morgan fingerprint density at radius 2 is 2.14 bits per heavy atom. The van der Waals surface area contributed by atoms with Gasteiger partial charge in [0.25, 0.3) is 0 Å². The van der Waals surface area contributed by atoms with Gasteiger partial charge in [0.05, 0.1) is 30.6 Å². The van der Waals surface area contributed by atoms with E-state index in [1.165, 1.54) is 6.42 Å². The van der Waals surface area contributed by atoms with Gasteiger partial charge in [-0.3, -0.25) is 4.90 Å². The Balaban J connectivity index is 1.56. The second-order valence-corrected chi connectivity index (χ2v) is 7.56. The average Bonchev–Trinajstić information content (AvgIpc) is 2.77. The van der Waals surface area contributed by atoms with Crippen LogP contribution in [0.1, 0.15) is 26.0 Å². The third kappa shape index (κ3) is 3.79. The van der Waals surface area contributed by atoms with Crippen LogP contribution >= 0.6 is 11.3 Å². The quantitative estimate of drug-likeness (QED) is 0.851. The van der Waals surface area contributed by atoms with E-state index in [2.05, 4.69) is 40.9 Å². The zero-order valence-corrected chi connectivity index (χ0v) is 14.7. The zero-order chi connectivity index (χ0) is 15.6. The predicted octanol–water partition coefficient (Wildman–Crippen LogP) is 2.16. The van der Waals surface area contributed by atoms with E-state index in [1.54, 1.807) is 11.3 Å². The normalized spacial score (nSPS) is 26.9. The molecule has 0 saturated carbocycles. The summed E-state index contributed by atoms with van der Waals surface area (Å²) in [5, 5.41) is 3.30. The summed E-state index contributed by atoms with van der Waals surface area (Å²) in [5.41, 5.74) is 0.937. The zero-order valence-electron chi connectivity index (χ0n) is 13.9. The number of ether oxygens (including phenoxy) is 2. The number of hydrogen-bond donors (Lipinski definition) is 0. The smallest absolute Gasteiger partial charge is 0.185 e. The maximum absolute atomic E-state index is 5.96. The van der Waals surface area contributed by atoms with Crippen LogP contribution in [-0.4, -0.2) is 67.5 Å². The van der Waals surface area contributed by atoms with Gasteiger partial charge in [0.15, 0.2) is 5.13 Å². The minimum Gasteiger partial charge on any atom is -0.372 e. The topological polar surface area (TPSA) is 37.8 Å². The highest BCUT2D eigenvalue weighted by Gasteiger charge is 2.36. The van der Waals surface area contributed by atoms with Crippen LogP contribution in [0.15, 0.2) is 5.38 Å². The molecule has 2 fully saturated rings. The van der Waals surface area contributed by atoms with Crippen LogP contribution in [0.5, 0.6) is 0 Å². The molecule has 1 atom stereocenters. The third-order valence-corrected chi connectivity index (χ3v) is 5.56. The fourth-order valence-electron chi connectivity index (χ4n) is 3.13. The average molecular weight is 325 g/mol. The SMILES string of the molecule is Cc1csc(N2CCCN(CC3OCCOC3(C)C)CC2)n1. The first kappa shape index (κ1) is 16.2. The highest BCUT2D eigenvalue weighted by Crippen LogP contribution is 2.25. The fraction of sp³-hybridized carbons (Fsp3) is 0.812. The Bertz CT molecular complexity index is 491. The Kier molecular flexibility index (Phi) is 5.02. The van der Waals surface area contributed by atoms with Crippen molar-refractivity contribution >= 4 is 16.5 Å². The van der Waals surface area contributed by atoms with E-state index in [9.17, 15) is 0 Å². The summed E-state index contributed by atoms with van der Waals surface area (Å²) in [6, 6.07) is 0. The number of rotatable bonds is 3. The second-order valence-electron chi connectivity index (χ2n) is 6.72. The first-order valence-electron chi connectivity index (χ1n) is 8.19. The van der Waals surface area contributed by atoms with Gasteiger partial charge in [0, 0.05) is 31.6 Å². The van der Waals surface area contributed by atoms with Crippen molar-refractivity contribution in [2.75, 3.05) is 50.8 Å². The molecule has 5 nitrogen and oxygen atoms in total. The molecule has 0 amide bonds. The second kappa shape index (κ2) is 6.83. The van der Waals surface area contributed by atoms with Gasteiger partial charge in [-0.25, -0.2) is 4.98 Å². The van der Waals surface area contributed by atoms with Gasteiger partial charge in [-0.1, -0.05) is 0 Å². The first-order valence-corrected chi connectivity index (χ1v) is 9.07. The van der Waals surface area contributed by atoms with E-state index < -0.39 is 0 Å². The summed E-state index contributed by atoms with van der Waals surface area (Å²) in [7, 11) is 0. The van der Waals surface area contributed by atoms with Crippen molar-refractivity contribution in [3.8, 4) is 0 Å². The van der Waals surface area contributed by atoms with E-state index in [1.807, 2.05) is 0 Å². The molecule has 2 aliphatic rings. The molecule has 22 heavy (non-hydrogen) atoms. The summed E-state index contributed by atoms with van der Waals surface area (Å²) in [4.78, 5) is 9.55. The number of anilines is 1. The summed E-state index contributed by atoms with van der Waals surface area (Å²) in [6.45, 7) is 13.0. The first-order chi connectivity index (χ1) is 10.5. The number of thiazole rings is 1. The van der Waals surface area contributed by atoms with E-state index in [0.717, 1.165) is 43.5 Å². The molecule has 0 aromatic carbocycles. The Labute approximate surface area is 137 Å². The molecular weight excluding hydrogens is 298 g/mol. The lowest BCUT2D eigenvalue weighted by molar-refractivity contribution is -0.191. The molecule has 0 bridgehead atoms. The van der Waals surface area contributed by atoms with Crippen molar-refractivity contribution in [3.63, 3.8) is 0 Å². The highest BCUT2D eigenvalue weighted by atomic mass is 32.1. The molecule has 3 rings (SSSR count). The van der Waals surface area contributed by atoms with Crippen molar-refractivity contribution < 1.29 is 9.47 Å². The van der Waals surface area contributed by atoms with Crippen molar-refractivity contribution in [1.82, 2.24) is 9.88 Å². The third-order valence-electron chi connectivity index (χ3n) is 4.54. The molecule has 6 heteroatoms. The van der Waals surface area contributed by atoms with Gasteiger partial charge in [-0.15, -0.1) is 11.3 Å². The number of aryl methyl sites for hydroxylation is 1. The van der Waals surface area contributed by atoms with Crippen LogP contribution in [0.2, 0.25) is 0 Å². The van der Waals surface area contributed by atoms with Crippen LogP contribution in [0.25, 0.3) is 0 Å². The summed E-state index contributed by atoms with van der Waals surface area (Å²) < 4.78 is 11.8. The standard InChI is InChI=1S/C16H27N3O2S/c1-13-12-22-15(17-13)19-6-4-5-18(7-8-19)11-14-16(2,3)21-10-9-20-14/h12,14H,4-11H2,1-3H3. The summed E-state index contributed by atoms with van der Waals surface area (Å²) in [6.07, 6.45) is 1.34. The lowest BCUT2D eigenvalue weighted by Crippen LogP contribution is -2.52. The molecular formula is C16H27N3O2S. The van der Waals surface area contributed by atoms with E-state index in [4.69, 9.17) is 9.47 Å². The number of nitrogens with zero attached hydrogens (tertiary/aromatic N) is 3. The van der Waals surface area contributed by atoms with Gasteiger partial charge in [-0.2, -0.15) is 0 Å². The van der Waals surface area contributed by atoms with E-state index in [-0.39, 0.29) is 11.7 Å². The molecule has 2 aliphatic heterocycles. The van der Waals surface area contributed by atoms with E-state index >= 15 is 0 Å². The van der Waals surface area contributed by atoms with Gasteiger partial charge < -0.3 is 14.4 Å². The van der Waals surface area contributed by atoms with Crippen LogP contribution in [0.3, 0.4) is 0 Å². The largest absolute Gasteiger partial charge is 0.372 e. The Morgan fingerprint density at radius 1 is 1.27 bits per heavy atom.